The Morgan fingerprint density at radius 1 is 1.15 bits per heavy atom. The lowest BCUT2D eigenvalue weighted by atomic mass is 10.0. The molecule has 1 N–H and O–H groups in total. The molecule has 0 bridgehead atoms. The van der Waals surface area contributed by atoms with Crippen LogP contribution >= 0.6 is 0 Å². The van der Waals surface area contributed by atoms with E-state index in [9.17, 15) is 9.59 Å². The molecule has 1 saturated heterocycles. The number of carboxylic acid groups (broad SMARTS) is 1. The number of hydrogen-bond donors (Lipinski definition) is 1. The summed E-state index contributed by atoms with van der Waals surface area (Å²) in [6.45, 7) is 4.86. The van der Waals surface area contributed by atoms with Crippen molar-refractivity contribution in [1.82, 2.24) is 9.80 Å². The fourth-order valence-electron chi connectivity index (χ4n) is 3.48. The lowest BCUT2D eigenvalue weighted by Gasteiger charge is -2.37. The van der Waals surface area contributed by atoms with Crippen LogP contribution in [-0.4, -0.2) is 65.6 Å². The van der Waals surface area contributed by atoms with Gasteiger partial charge in [0, 0.05) is 24.7 Å². The van der Waals surface area contributed by atoms with Crippen molar-refractivity contribution < 1.29 is 19.4 Å². The molecule has 1 aromatic rings. The number of rotatable bonds is 8. The van der Waals surface area contributed by atoms with Crippen LogP contribution in [0.2, 0.25) is 0 Å². The molecule has 2 fully saturated rings. The molecule has 1 aliphatic carbocycles. The number of likely N-dealkylation sites (tertiary alicyclic amines) is 1. The van der Waals surface area contributed by atoms with Crippen molar-refractivity contribution in [3.8, 4) is 5.75 Å². The predicted octanol–water partition coefficient (Wildman–Crippen LogP) is 2.49. The van der Waals surface area contributed by atoms with Crippen LogP contribution < -0.4 is 4.74 Å². The Hall–Kier alpha value is -2.08. The predicted molar refractivity (Wildman–Crippen MR) is 98.5 cm³/mol. The molecule has 0 atom stereocenters. The summed E-state index contributed by atoms with van der Waals surface area (Å²) in [4.78, 5) is 27.5. The van der Waals surface area contributed by atoms with Crippen LogP contribution in [0.5, 0.6) is 5.75 Å². The Balaban J connectivity index is 1.50. The first-order valence-electron chi connectivity index (χ1n) is 9.54. The number of carboxylic acids is 1. The second kappa shape index (κ2) is 8.54. The van der Waals surface area contributed by atoms with Crippen molar-refractivity contribution >= 4 is 11.9 Å². The Morgan fingerprint density at radius 2 is 1.81 bits per heavy atom. The van der Waals surface area contributed by atoms with E-state index in [0.29, 0.717) is 31.1 Å². The van der Waals surface area contributed by atoms with E-state index in [4.69, 9.17) is 9.84 Å². The number of nitrogens with zero attached hydrogens (tertiary/aromatic N) is 2. The molecule has 1 aliphatic heterocycles. The zero-order valence-corrected chi connectivity index (χ0v) is 15.4. The van der Waals surface area contributed by atoms with Gasteiger partial charge >= 0.3 is 5.97 Å². The molecule has 0 spiro atoms. The Kier molecular flexibility index (Phi) is 6.14. The van der Waals surface area contributed by atoms with E-state index in [1.807, 2.05) is 41.0 Å². The van der Waals surface area contributed by atoms with Crippen molar-refractivity contribution in [2.45, 2.75) is 38.6 Å². The largest absolute Gasteiger partial charge is 0.493 e. The highest BCUT2D eigenvalue weighted by molar-refractivity contribution is 5.94. The maximum Gasteiger partial charge on any atom is 0.317 e. The number of carbonyl (C=O) groups is 2. The van der Waals surface area contributed by atoms with Gasteiger partial charge in [0.1, 0.15) is 5.75 Å². The van der Waals surface area contributed by atoms with E-state index in [-0.39, 0.29) is 18.5 Å². The van der Waals surface area contributed by atoms with Gasteiger partial charge in [-0.1, -0.05) is 6.92 Å². The van der Waals surface area contributed by atoms with E-state index in [0.717, 1.165) is 25.2 Å². The van der Waals surface area contributed by atoms with Gasteiger partial charge in [0.05, 0.1) is 13.2 Å². The maximum atomic E-state index is 12.7. The molecular weight excluding hydrogens is 332 g/mol. The summed E-state index contributed by atoms with van der Waals surface area (Å²) in [5.41, 5.74) is 0.681. The van der Waals surface area contributed by atoms with Crippen LogP contribution in [0.3, 0.4) is 0 Å². The minimum Gasteiger partial charge on any atom is -0.493 e. The van der Waals surface area contributed by atoms with E-state index in [1.165, 1.54) is 12.8 Å². The molecule has 1 heterocycles. The normalized spacial score (nSPS) is 18.2. The molecular formula is C20H28N2O4. The molecule has 6 heteroatoms. The average Bonchev–Trinajstić information content (AvgIpc) is 3.49. The van der Waals surface area contributed by atoms with E-state index in [2.05, 4.69) is 0 Å². The fraction of sp³-hybridized carbons (Fsp3) is 0.600. The van der Waals surface area contributed by atoms with Crippen molar-refractivity contribution in [2.24, 2.45) is 5.92 Å². The fourth-order valence-corrected chi connectivity index (χ4v) is 3.48. The van der Waals surface area contributed by atoms with Crippen LogP contribution in [0.1, 0.15) is 43.0 Å². The standard InChI is InChI=1S/C20H28N2O4/c1-2-21(13-19(23)24)17-9-11-22(12-10-17)20(25)16-5-7-18(8-6-16)26-14-15-3-4-15/h5-8,15,17H,2-4,9-14H2,1H3,(H,23,24). The highest BCUT2D eigenvalue weighted by atomic mass is 16.5. The molecule has 3 rings (SSSR count). The first-order valence-corrected chi connectivity index (χ1v) is 9.54. The molecule has 1 aromatic carbocycles. The number of carbonyl (C=O) groups excluding carboxylic acids is 1. The molecule has 1 saturated carbocycles. The second-order valence-electron chi connectivity index (χ2n) is 7.26. The Morgan fingerprint density at radius 3 is 2.35 bits per heavy atom. The van der Waals surface area contributed by atoms with Gasteiger partial charge in [0.25, 0.3) is 5.91 Å². The lowest BCUT2D eigenvalue weighted by Crippen LogP contribution is -2.48. The number of ether oxygens (including phenoxy) is 1. The van der Waals surface area contributed by atoms with Gasteiger partial charge in [0.2, 0.25) is 0 Å². The summed E-state index contributed by atoms with van der Waals surface area (Å²) >= 11 is 0. The quantitative estimate of drug-likeness (QED) is 0.771. The van der Waals surface area contributed by atoms with Gasteiger partial charge in [-0.05, 0) is 62.4 Å². The topological polar surface area (TPSA) is 70.1 Å². The second-order valence-corrected chi connectivity index (χ2v) is 7.26. The van der Waals surface area contributed by atoms with E-state index >= 15 is 0 Å². The van der Waals surface area contributed by atoms with Gasteiger partial charge in [-0.2, -0.15) is 0 Å². The molecule has 1 amide bonds. The minimum atomic E-state index is -0.797. The number of aliphatic carboxylic acids is 1. The first-order chi connectivity index (χ1) is 12.6. The highest BCUT2D eigenvalue weighted by Gasteiger charge is 2.27. The van der Waals surface area contributed by atoms with Gasteiger partial charge in [0.15, 0.2) is 0 Å². The summed E-state index contributed by atoms with van der Waals surface area (Å²) < 4.78 is 5.72. The zero-order valence-electron chi connectivity index (χ0n) is 15.4. The van der Waals surface area contributed by atoms with Crippen LogP contribution in [-0.2, 0) is 4.79 Å². The van der Waals surface area contributed by atoms with Gasteiger partial charge < -0.3 is 14.7 Å². The summed E-state index contributed by atoms with van der Waals surface area (Å²) in [6.07, 6.45) is 4.15. The van der Waals surface area contributed by atoms with Crippen LogP contribution in [0.4, 0.5) is 0 Å². The lowest BCUT2D eigenvalue weighted by molar-refractivity contribution is -0.139. The Bertz CT molecular complexity index is 619. The van der Waals surface area contributed by atoms with Crippen molar-refractivity contribution in [3.63, 3.8) is 0 Å². The highest BCUT2D eigenvalue weighted by Crippen LogP contribution is 2.29. The molecule has 2 aliphatic rings. The minimum absolute atomic E-state index is 0.0403. The summed E-state index contributed by atoms with van der Waals surface area (Å²) in [5, 5.41) is 9.01. The van der Waals surface area contributed by atoms with Gasteiger partial charge in [-0.15, -0.1) is 0 Å². The summed E-state index contributed by atoms with van der Waals surface area (Å²) in [6, 6.07) is 7.64. The monoisotopic (exact) mass is 360 g/mol. The van der Waals surface area contributed by atoms with Crippen molar-refractivity contribution in [2.75, 3.05) is 32.8 Å². The van der Waals surface area contributed by atoms with E-state index in [1.54, 1.807) is 0 Å². The number of hydrogen-bond acceptors (Lipinski definition) is 4. The van der Waals surface area contributed by atoms with Crippen molar-refractivity contribution in [1.29, 1.82) is 0 Å². The zero-order chi connectivity index (χ0) is 18.5. The average molecular weight is 360 g/mol. The van der Waals surface area contributed by atoms with Gasteiger partial charge in [-0.3, -0.25) is 14.5 Å². The van der Waals surface area contributed by atoms with Crippen LogP contribution in [0, 0.1) is 5.92 Å². The first kappa shape index (κ1) is 18.7. The molecule has 0 radical (unpaired) electrons. The van der Waals surface area contributed by atoms with Crippen molar-refractivity contribution in [3.05, 3.63) is 29.8 Å². The molecule has 0 unspecified atom stereocenters. The van der Waals surface area contributed by atoms with Crippen LogP contribution in [0.15, 0.2) is 24.3 Å². The third-order valence-electron chi connectivity index (χ3n) is 5.30. The summed E-state index contributed by atoms with van der Waals surface area (Å²) in [7, 11) is 0. The number of amides is 1. The molecule has 6 nitrogen and oxygen atoms in total. The van der Waals surface area contributed by atoms with Crippen LogP contribution in [0.25, 0.3) is 0 Å². The van der Waals surface area contributed by atoms with E-state index < -0.39 is 5.97 Å². The number of benzene rings is 1. The third-order valence-corrected chi connectivity index (χ3v) is 5.30. The smallest absolute Gasteiger partial charge is 0.317 e. The molecule has 26 heavy (non-hydrogen) atoms. The summed E-state index contributed by atoms with van der Waals surface area (Å²) in [5.74, 6) is 0.772. The van der Waals surface area contributed by atoms with Gasteiger partial charge in [-0.25, -0.2) is 0 Å². The SMILES string of the molecule is CCN(CC(=O)O)C1CCN(C(=O)c2ccc(OCC3CC3)cc2)CC1. The third kappa shape index (κ3) is 4.97. The molecule has 0 aromatic heterocycles. The maximum absolute atomic E-state index is 12.7. The number of piperidine rings is 1. The Labute approximate surface area is 154 Å². The molecule has 142 valence electrons. The number of likely N-dealkylation sites (N-methyl/N-ethyl adjacent to an activating group) is 1.